The fraction of sp³-hybridized carbons (Fsp3) is 0.556. The van der Waals surface area contributed by atoms with Crippen LogP contribution in [-0.2, 0) is 54.0 Å². The Bertz CT molecular complexity index is 4020. The molecule has 556 valence electrons. The van der Waals surface area contributed by atoms with Gasteiger partial charge in [-0.25, -0.2) is 9.37 Å². The van der Waals surface area contributed by atoms with Crippen molar-refractivity contribution >= 4 is 53.1 Å². The third-order valence-corrected chi connectivity index (χ3v) is 22.9. The Morgan fingerprint density at radius 1 is 0.680 bits per heavy atom. The summed E-state index contributed by atoms with van der Waals surface area (Å²) in [5.74, 6) is -2.64. The summed E-state index contributed by atoms with van der Waals surface area (Å²) in [7, 11) is 0. The summed E-state index contributed by atoms with van der Waals surface area (Å²) in [4.78, 5) is 36.8. The first-order chi connectivity index (χ1) is 48.8. The van der Waals surface area contributed by atoms with Crippen molar-refractivity contribution in [2.75, 3.05) is 13.2 Å². The number of aliphatic imine (C=N–C) groups is 1. The SMILES string of the molecule is CC1=C[C@H]2C(=O)O[C@H]3C[C@@H](C/C=C(\C)C[C@@H](C)/C=C/C=C4\CO[C@H](/C1=N\O)[C@@]42O)O[C@@]1(CC[C@H](C)[C@@H](C)O1)C3.CC[C@H]1O[C@]2(CC[C@@H]1C)C[C@@H]1C[C@@H](C/C=C(\C)C[C@@H](C)/C=C/C=C3\CO[C@@H]4/C(=N\O)C(C)=C[C@@H](C(=O)O1)[C@]34O)O2.Cc1ncc2n1-c1ccc(Cl)cc1C(c1ccccc1F)=NC2.Cl. The van der Waals surface area contributed by atoms with Gasteiger partial charge < -0.3 is 58.5 Å². The minimum Gasteiger partial charge on any atom is -0.462 e. The Morgan fingerprint density at radius 3 is 1.72 bits per heavy atom. The number of ether oxygens (including phenoxy) is 8. The first-order valence-corrected chi connectivity index (χ1v) is 37.0. The highest BCUT2D eigenvalue weighted by Crippen LogP contribution is 2.50. The van der Waals surface area contributed by atoms with Crippen LogP contribution in [0.4, 0.5) is 4.39 Å². The number of allylic oxidation sites excluding steroid dienone is 8. The molecule has 4 bridgehead atoms. The van der Waals surface area contributed by atoms with Crippen molar-refractivity contribution in [3.05, 3.63) is 176 Å². The van der Waals surface area contributed by atoms with Gasteiger partial charge in [0.25, 0.3) is 0 Å². The van der Waals surface area contributed by atoms with Crippen LogP contribution in [0.2, 0.25) is 5.02 Å². The standard InChI is InChI=1S/C32H45NO7.C31H43NO7.C18H13ClFN3.ClH/c1-6-27-21(4)12-13-31(40-27)17-25-16-24(39-31)11-10-20(3)14-19(2)8-7-9-23-18-37-29-28(33-36)22(5)15-26(30(34)38-25)32(23,29)35;1-18-7-6-8-23-17-36-28-27(32-35)21(4)14-26(31(23,28)34)29(33)37-25-15-24(10-9-19(2)13-18)39-30(16-25)12-11-20(3)22(5)38-30;1-11-21-9-13-10-22-18(14-4-2-3-5-16(14)20)15-8-12(19)6-7-17(15)23(11)13;/h7-10,15,19,21,24-27,29,35-36H,6,11-14,16-18H2,1-5H3;6-9,14,18,20,22,24-26,28,34-35H,10-13,15-17H2,1-5H3;2-9H,10H2,1H3;1H/b8-7+,20-10+,23-9+,33-28-;7-6+,19-9+,23-8+,32-27-;;/t19-,21-,24+,25-,26-,27+,29+,31+,32+;18-,20-,22+,24+,25-,26-,28+,30-,31+;;/m00../s1. The number of carbonyl (C=O) groups excluding carboxylic acids is 2. The number of aryl methyl sites for hydroxylation is 1. The summed E-state index contributed by atoms with van der Waals surface area (Å²) in [6.45, 7) is 23.3. The summed E-state index contributed by atoms with van der Waals surface area (Å²) in [6, 6.07) is 12.3. The summed E-state index contributed by atoms with van der Waals surface area (Å²) in [5, 5.41) is 51.1. The second-order valence-corrected chi connectivity index (χ2v) is 30.8. The highest BCUT2D eigenvalue weighted by Gasteiger charge is 2.62. The highest BCUT2D eigenvalue weighted by atomic mass is 35.5. The maximum Gasteiger partial charge on any atom is 0.316 e. The van der Waals surface area contributed by atoms with Crippen LogP contribution in [0.25, 0.3) is 5.69 Å². The predicted molar refractivity (Wildman–Crippen MR) is 393 cm³/mol. The van der Waals surface area contributed by atoms with E-state index >= 15 is 0 Å². The highest BCUT2D eigenvalue weighted by molar-refractivity contribution is 6.31. The topological polar surface area (TPSA) is 244 Å². The predicted octanol–water partition coefficient (Wildman–Crippen LogP) is 15.1. The molecule has 19 nitrogen and oxygen atoms in total. The monoisotopic (exact) mass is 1460 g/mol. The normalized spacial score (nSPS) is 39.3. The van der Waals surface area contributed by atoms with E-state index in [0.717, 1.165) is 74.1 Å². The zero-order chi connectivity index (χ0) is 72.6. The molecule has 2 aliphatic carbocycles. The van der Waals surface area contributed by atoms with Crippen molar-refractivity contribution in [1.82, 2.24) is 9.55 Å². The molecule has 2 spiro atoms. The Morgan fingerprint density at radius 2 is 1.20 bits per heavy atom. The molecule has 14 rings (SSSR count). The zero-order valence-corrected chi connectivity index (χ0v) is 62.6. The molecule has 0 radical (unpaired) electrons. The van der Waals surface area contributed by atoms with Crippen molar-refractivity contribution in [2.24, 2.45) is 50.8 Å². The lowest BCUT2D eigenvalue weighted by Gasteiger charge is -2.49. The van der Waals surface area contributed by atoms with E-state index in [-0.39, 0.29) is 79.1 Å². The van der Waals surface area contributed by atoms with Crippen LogP contribution in [0.5, 0.6) is 0 Å². The largest absolute Gasteiger partial charge is 0.462 e. The molecule has 1 aromatic heterocycles. The molecular weight excluding hydrogens is 1360 g/mol. The number of esters is 2. The second-order valence-electron chi connectivity index (χ2n) is 30.4. The molecular formula is C81H102Cl2FN5O14. The lowest BCUT2D eigenvalue weighted by atomic mass is 9.71. The summed E-state index contributed by atoms with van der Waals surface area (Å²) < 4.78 is 67.1. The number of halogens is 3. The number of benzene rings is 2. The first kappa shape index (κ1) is 77.4. The van der Waals surface area contributed by atoms with Gasteiger partial charge in [0.05, 0.1) is 67.5 Å². The average Bonchev–Trinajstić information content (AvgIpc) is 1.65. The smallest absolute Gasteiger partial charge is 0.316 e. The van der Waals surface area contributed by atoms with Crippen LogP contribution in [0, 0.1) is 48.2 Å². The molecule has 4 N–H and O–H groups in total. The van der Waals surface area contributed by atoms with Crippen molar-refractivity contribution in [3.8, 4) is 5.69 Å². The molecule has 9 aliphatic heterocycles. The van der Waals surface area contributed by atoms with Gasteiger partial charge in [-0.05, 0) is 163 Å². The molecule has 0 saturated carbocycles. The molecule has 6 fully saturated rings. The van der Waals surface area contributed by atoms with Crippen molar-refractivity contribution in [2.45, 2.75) is 238 Å². The molecule has 0 unspecified atom stereocenters. The first-order valence-electron chi connectivity index (χ1n) is 36.6. The van der Waals surface area contributed by atoms with E-state index < -0.39 is 71.0 Å². The van der Waals surface area contributed by atoms with Crippen LogP contribution in [-0.4, -0.2) is 144 Å². The van der Waals surface area contributed by atoms with Gasteiger partial charge in [0.1, 0.15) is 70.5 Å². The van der Waals surface area contributed by atoms with Gasteiger partial charge in [0, 0.05) is 54.7 Å². The second kappa shape index (κ2) is 32.2. The van der Waals surface area contributed by atoms with E-state index in [4.69, 9.17) is 49.5 Å². The molecule has 11 aliphatic rings. The van der Waals surface area contributed by atoms with E-state index in [1.165, 1.54) is 17.2 Å². The molecule has 2 aromatic carbocycles. The Kier molecular flexibility index (Phi) is 24.2. The van der Waals surface area contributed by atoms with Crippen LogP contribution in [0.15, 0.2) is 158 Å². The maximum absolute atomic E-state index is 14.3. The van der Waals surface area contributed by atoms with E-state index in [1.807, 2.05) is 66.3 Å². The Hall–Kier alpha value is -6.69. The number of aliphatic hydroxyl groups is 2. The Balaban J connectivity index is 0.000000160. The van der Waals surface area contributed by atoms with Crippen molar-refractivity contribution in [3.63, 3.8) is 0 Å². The number of imidazole rings is 1. The molecule has 10 heterocycles. The van der Waals surface area contributed by atoms with Crippen molar-refractivity contribution < 1.29 is 72.5 Å². The van der Waals surface area contributed by atoms with Crippen LogP contribution >= 0.6 is 24.0 Å². The number of oxime groups is 2. The van der Waals surface area contributed by atoms with Gasteiger partial charge in [0.2, 0.25) is 0 Å². The molecule has 0 amide bonds. The summed E-state index contributed by atoms with van der Waals surface area (Å²) >= 11 is 6.19. The number of nitrogens with zero attached hydrogens (tertiary/aromatic N) is 5. The molecule has 22 heteroatoms. The third kappa shape index (κ3) is 16.1. The number of hydrogen-bond acceptors (Lipinski definition) is 18. The number of hydrogen-bond donors (Lipinski definition) is 4. The van der Waals surface area contributed by atoms with Gasteiger partial charge in [-0.2, -0.15) is 0 Å². The number of aromatic nitrogens is 2. The lowest BCUT2D eigenvalue weighted by Crippen LogP contribution is -2.57. The average molecular weight is 1460 g/mol. The van der Waals surface area contributed by atoms with Gasteiger partial charge in [-0.3, -0.25) is 19.1 Å². The zero-order valence-electron chi connectivity index (χ0n) is 61.1. The van der Waals surface area contributed by atoms with E-state index in [2.05, 4.69) is 100.0 Å². The summed E-state index contributed by atoms with van der Waals surface area (Å²) in [6.07, 6.45) is 27.9. The van der Waals surface area contributed by atoms with E-state index in [9.17, 15) is 34.6 Å². The van der Waals surface area contributed by atoms with Gasteiger partial charge in [-0.15, -0.1) is 12.4 Å². The molecule has 18 atom stereocenters. The maximum atomic E-state index is 14.3. The van der Waals surface area contributed by atoms with E-state index in [1.54, 1.807) is 38.1 Å². The fourth-order valence-electron chi connectivity index (χ4n) is 17.0. The minimum atomic E-state index is -1.72. The number of rotatable bonds is 2. The fourth-order valence-corrected chi connectivity index (χ4v) is 17.2. The van der Waals surface area contributed by atoms with Gasteiger partial charge in [0.15, 0.2) is 11.6 Å². The van der Waals surface area contributed by atoms with E-state index in [0.29, 0.717) is 89.1 Å². The van der Waals surface area contributed by atoms with Gasteiger partial charge in [-0.1, -0.05) is 141 Å². The van der Waals surface area contributed by atoms with Crippen LogP contribution in [0.1, 0.15) is 175 Å². The molecule has 103 heavy (non-hydrogen) atoms. The summed E-state index contributed by atoms with van der Waals surface area (Å²) in [5.41, 5.74) is 5.63. The lowest BCUT2D eigenvalue weighted by molar-refractivity contribution is -0.335. The number of fused-ring (bicyclic) bond motifs is 7. The third-order valence-electron chi connectivity index (χ3n) is 22.7. The number of carbonyl (C=O) groups is 2. The van der Waals surface area contributed by atoms with Crippen LogP contribution in [0.3, 0.4) is 0 Å². The van der Waals surface area contributed by atoms with Gasteiger partial charge >= 0.3 is 11.9 Å². The molecule has 6 saturated heterocycles. The molecule has 3 aromatic rings. The minimum absolute atomic E-state index is 0. The quantitative estimate of drug-likeness (QED) is 0.0807. The van der Waals surface area contributed by atoms with Crippen LogP contribution < -0.4 is 0 Å². The Labute approximate surface area is 615 Å². The van der Waals surface area contributed by atoms with Crippen molar-refractivity contribution in [1.29, 1.82) is 0 Å².